The Morgan fingerprint density at radius 3 is 2.40 bits per heavy atom. The lowest BCUT2D eigenvalue weighted by molar-refractivity contribution is -0.0992. The molecule has 9 heteroatoms. The Labute approximate surface area is 147 Å². The van der Waals surface area contributed by atoms with Crippen molar-refractivity contribution in [1.82, 2.24) is 4.90 Å². The third-order valence-electron chi connectivity index (χ3n) is 4.23. The Morgan fingerprint density at radius 2 is 1.88 bits per heavy atom. The Bertz CT molecular complexity index is 583. The lowest BCUT2D eigenvalue weighted by atomic mass is 9.70. The summed E-state index contributed by atoms with van der Waals surface area (Å²) in [4.78, 5) is 23.7. The molecule has 1 saturated carbocycles. The zero-order valence-electron chi connectivity index (χ0n) is 14.7. The summed E-state index contributed by atoms with van der Waals surface area (Å²) in [5.74, 6) is 0.854. The van der Waals surface area contributed by atoms with Gasteiger partial charge in [-0.2, -0.15) is 0 Å². The number of phosphoric acid groups is 1. The third kappa shape index (κ3) is 7.42. The molecular weight excluding hydrogens is 349 g/mol. The number of aliphatic hydroxyl groups excluding tert-OH is 1. The van der Waals surface area contributed by atoms with Crippen LogP contribution in [0.25, 0.3) is 0 Å². The minimum atomic E-state index is -4.64. The standard InChI is InChI=1S/C16H25NO3.H3O4P/c1-17(2)11-13-7-8-14(18)10-16(13,19)12-5-4-6-15(9-12)20-3;1-5(2,3)4/h4-6,9,13-14,18-19H,7-8,10-11H2,1-3H3;(H3,1,2,3,4)/t13-,14-,16+;/m1./s1. The van der Waals surface area contributed by atoms with Gasteiger partial charge >= 0.3 is 7.82 Å². The predicted octanol–water partition coefficient (Wildman–Crippen LogP) is 0.677. The first-order chi connectivity index (χ1) is 11.5. The van der Waals surface area contributed by atoms with Crippen LogP contribution in [0.4, 0.5) is 0 Å². The topological polar surface area (TPSA) is 131 Å². The first-order valence-corrected chi connectivity index (χ1v) is 9.50. The Kier molecular flexibility index (Phi) is 8.02. The van der Waals surface area contributed by atoms with Crippen molar-refractivity contribution in [3.63, 3.8) is 0 Å². The highest BCUT2D eigenvalue weighted by Crippen LogP contribution is 2.42. The van der Waals surface area contributed by atoms with E-state index in [9.17, 15) is 10.2 Å². The van der Waals surface area contributed by atoms with E-state index in [0.717, 1.165) is 30.7 Å². The quantitative estimate of drug-likeness (QED) is 0.484. The summed E-state index contributed by atoms with van der Waals surface area (Å²) in [6, 6.07) is 7.55. The van der Waals surface area contributed by atoms with Crippen molar-refractivity contribution in [2.45, 2.75) is 31.0 Å². The first kappa shape index (κ1) is 22.1. The smallest absolute Gasteiger partial charge is 0.466 e. The van der Waals surface area contributed by atoms with Crippen LogP contribution in [0.1, 0.15) is 24.8 Å². The summed E-state index contributed by atoms with van der Waals surface area (Å²) in [5.41, 5.74) is -0.154. The van der Waals surface area contributed by atoms with Crippen LogP contribution in [0.5, 0.6) is 5.75 Å². The van der Waals surface area contributed by atoms with Crippen molar-refractivity contribution >= 4 is 7.82 Å². The molecule has 8 nitrogen and oxygen atoms in total. The van der Waals surface area contributed by atoms with Crippen LogP contribution in [0.15, 0.2) is 24.3 Å². The molecule has 3 atom stereocenters. The maximum atomic E-state index is 11.2. The summed E-state index contributed by atoms with van der Waals surface area (Å²) in [7, 11) is 1.00. The van der Waals surface area contributed by atoms with Crippen molar-refractivity contribution in [3.8, 4) is 5.75 Å². The van der Waals surface area contributed by atoms with Crippen LogP contribution >= 0.6 is 7.82 Å². The molecule has 2 rings (SSSR count). The fourth-order valence-corrected chi connectivity index (χ4v) is 3.19. The second-order valence-electron chi connectivity index (χ2n) is 6.56. The zero-order chi connectivity index (χ0) is 19.3. The van der Waals surface area contributed by atoms with E-state index >= 15 is 0 Å². The second-order valence-corrected chi connectivity index (χ2v) is 7.59. The van der Waals surface area contributed by atoms with Crippen molar-refractivity contribution in [2.24, 2.45) is 5.92 Å². The molecule has 1 aliphatic rings. The van der Waals surface area contributed by atoms with Crippen molar-refractivity contribution < 1.29 is 34.2 Å². The molecule has 5 N–H and O–H groups in total. The summed E-state index contributed by atoms with van der Waals surface area (Å²) < 4.78 is 14.1. The van der Waals surface area contributed by atoms with Gasteiger partial charge in [0.25, 0.3) is 0 Å². The molecule has 0 amide bonds. The monoisotopic (exact) mass is 377 g/mol. The van der Waals surface area contributed by atoms with Crippen LogP contribution in [0.3, 0.4) is 0 Å². The zero-order valence-corrected chi connectivity index (χ0v) is 15.6. The van der Waals surface area contributed by atoms with Crippen LogP contribution < -0.4 is 4.74 Å². The largest absolute Gasteiger partial charge is 0.497 e. The van der Waals surface area contributed by atoms with Gasteiger partial charge in [-0.25, -0.2) is 4.57 Å². The maximum absolute atomic E-state index is 11.2. The van der Waals surface area contributed by atoms with E-state index in [1.807, 2.05) is 38.4 Å². The molecule has 0 spiro atoms. The van der Waals surface area contributed by atoms with E-state index < -0.39 is 19.5 Å². The molecule has 1 aliphatic carbocycles. The summed E-state index contributed by atoms with van der Waals surface area (Å²) in [5, 5.41) is 21.2. The highest BCUT2D eigenvalue weighted by Gasteiger charge is 2.43. The van der Waals surface area contributed by atoms with Gasteiger partial charge in [0.05, 0.1) is 18.8 Å². The molecule has 144 valence electrons. The lowest BCUT2D eigenvalue weighted by Crippen LogP contribution is -2.46. The van der Waals surface area contributed by atoms with Gasteiger partial charge in [0.1, 0.15) is 5.75 Å². The Morgan fingerprint density at radius 1 is 1.28 bits per heavy atom. The highest BCUT2D eigenvalue weighted by molar-refractivity contribution is 7.45. The number of nitrogens with zero attached hydrogens (tertiary/aromatic N) is 1. The lowest BCUT2D eigenvalue weighted by Gasteiger charge is -2.43. The van der Waals surface area contributed by atoms with E-state index in [2.05, 4.69) is 4.90 Å². The van der Waals surface area contributed by atoms with Gasteiger partial charge in [0, 0.05) is 18.9 Å². The Hall–Kier alpha value is -0.990. The molecule has 0 saturated heterocycles. The minimum Gasteiger partial charge on any atom is -0.497 e. The molecule has 0 heterocycles. The number of hydrogen-bond acceptors (Lipinski definition) is 5. The van der Waals surface area contributed by atoms with Crippen molar-refractivity contribution in [1.29, 1.82) is 0 Å². The fourth-order valence-electron chi connectivity index (χ4n) is 3.19. The second kappa shape index (κ2) is 9.09. The van der Waals surface area contributed by atoms with Crippen LogP contribution in [0.2, 0.25) is 0 Å². The van der Waals surface area contributed by atoms with Gasteiger partial charge in [-0.15, -0.1) is 0 Å². The number of benzene rings is 1. The number of rotatable bonds is 4. The van der Waals surface area contributed by atoms with E-state index in [1.165, 1.54) is 0 Å². The van der Waals surface area contributed by atoms with E-state index in [4.69, 9.17) is 24.0 Å². The highest BCUT2D eigenvalue weighted by atomic mass is 31.2. The van der Waals surface area contributed by atoms with E-state index in [-0.39, 0.29) is 5.92 Å². The molecule has 1 aromatic carbocycles. The predicted molar refractivity (Wildman–Crippen MR) is 93.1 cm³/mol. The summed E-state index contributed by atoms with van der Waals surface area (Å²) in [6.45, 7) is 0.806. The van der Waals surface area contributed by atoms with Gasteiger partial charge in [-0.05, 0) is 44.6 Å². The molecule has 0 bridgehead atoms. The van der Waals surface area contributed by atoms with Crippen LogP contribution in [0, 0.1) is 5.92 Å². The SMILES string of the molecule is COc1cccc([C@@]2(O)C[C@H](O)CC[C@@H]2CN(C)C)c1.O=P(O)(O)O. The van der Waals surface area contributed by atoms with Gasteiger partial charge in [0.15, 0.2) is 0 Å². The number of hydrogen-bond donors (Lipinski definition) is 5. The number of methoxy groups -OCH3 is 1. The molecule has 1 aromatic rings. The third-order valence-corrected chi connectivity index (χ3v) is 4.23. The van der Waals surface area contributed by atoms with Crippen molar-refractivity contribution in [3.05, 3.63) is 29.8 Å². The van der Waals surface area contributed by atoms with Gasteiger partial charge in [0.2, 0.25) is 0 Å². The van der Waals surface area contributed by atoms with Crippen LogP contribution in [-0.4, -0.2) is 63.6 Å². The molecular formula is C16H28NO7P. The fraction of sp³-hybridized carbons (Fsp3) is 0.625. The van der Waals surface area contributed by atoms with E-state index in [0.29, 0.717) is 6.42 Å². The number of ether oxygens (including phenoxy) is 1. The van der Waals surface area contributed by atoms with Crippen LogP contribution in [-0.2, 0) is 10.2 Å². The van der Waals surface area contributed by atoms with Gasteiger partial charge in [-0.3, -0.25) is 0 Å². The first-order valence-electron chi connectivity index (χ1n) is 7.93. The molecule has 0 radical (unpaired) electrons. The average molecular weight is 377 g/mol. The Balaban J connectivity index is 0.000000550. The number of aliphatic hydroxyl groups is 2. The molecule has 0 aliphatic heterocycles. The van der Waals surface area contributed by atoms with Crippen molar-refractivity contribution in [2.75, 3.05) is 27.7 Å². The summed E-state index contributed by atoms with van der Waals surface area (Å²) >= 11 is 0. The van der Waals surface area contributed by atoms with Gasteiger partial charge < -0.3 is 34.5 Å². The molecule has 0 unspecified atom stereocenters. The average Bonchev–Trinajstić information content (AvgIpc) is 2.48. The summed E-state index contributed by atoms with van der Waals surface area (Å²) in [6.07, 6.45) is 1.53. The van der Waals surface area contributed by atoms with Gasteiger partial charge in [-0.1, -0.05) is 12.1 Å². The minimum absolute atomic E-state index is 0.119. The molecule has 0 aromatic heterocycles. The normalized spacial score (nSPS) is 26.8. The molecule has 25 heavy (non-hydrogen) atoms. The maximum Gasteiger partial charge on any atom is 0.466 e. The molecule has 1 fully saturated rings. The van der Waals surface area contributed by atoms with E-state index in [1.54, 1.807) is 7.11 Å².